The maximum absolute atomic E-state index is 13.5. The van der Waals surface area contributed by atoms with E-state index in [0.717, 1.165) is 22.4 Å². The van der Waals surface area contributed by atoms with Crippen LogP contribution in [0.1, 0.15) is 74.5 Å². The first-order valence-electron chi connectivity index (χ1n) is 13.7. The lowest BCUT2D eigenvalue weighted by molar-refractivity contribution is -0.124. The Labute approximate surface area is 239 Å². The molecule has 0 radical (unpaired) electrons. The standard InChI is InChI=1S/C29H35N4O4P.C2H6/c1-6-8-25(38(5)17-20(4)37-16-21-9-7-12-30-14-21)29(27(35)31-28(36)32-29)18-33-15-23-11-10-22(19(2)3)13-24(23)26(33)34;1-2/h6-14,17,19,25H,15-16,18H2,1-5H3,(H2,31,32,35,36);1-2H3/b8-6-,20-17+;/t25?,29-,38?;/m0./s1. The van der Waals surface area contributed by atoms with Crippen molar-refractivity contribution in [2.45, 2.75) is 71.8 Å². The maximum Gasteiger partial charge on any atom is 0.322 e. The van der Waals surface area contributed by atoms with Crippen molar-refractivity contribution >= 4 is 25.8 Å². The molecule has 1 saturated heterocycles. The molecule has 3 atom stereocenters. The van der Waals surface area contributed by atoms with E-state index in [2.05, 4.69) is 29.5 Å². The smallest absolute Gasteiger partial charge is 0.322 e. The van der Waals surface area contributed by atoms with Crippen LogP contribution in [0.2, 0.25) is 0 Å². The van der Waals surface area contributed by atoms with Crippen molar-refractivity contribution in [3.8, 4) is 0 Å². The lowest BCUT2D eigenvalue weighted by atomic mass is 9.93. The van der Waals surface area contributed by atoms with Crippen LogP contribution < -0.4 is 10.6 Å². The fraction of sp³-hybridized carbons (Fsp3) is 0.419. The number of carbonyl (C=O) groups excluding carboxylic acids is 3. The van der Waals surface area contributed by atoms with Crippen molar-refractivity contribution < 1.29 is 19.1 Å². The number of allylic oxidation sites excluding steroid dienone is 2. The lowest BCUT2D eigenvalue weighted by Gasteiger charge is -2.38. The van der Waals surface area contributed by atoms with Crippen LogP contribution in [-0.2, 0) is 22.7 Å². The Kier molecular flexibility index (Phi) is 10.6. The van der Waals surface area contributed by atoms with Gasteiger partial charge in [-0.2, -0.15) is 0 Å². The van der Waals surface area contributed by atoms with Crippen LogP contribution in [0.5, 0.6) is 0 Å². The Morgan fingerprint density at radius 1 is 1.23 bits per heavy atom. The summed E-state index contributed by atoms with van der Waals surface area (Å²) < 4.78 is 5.95. The average molecular weight is 565 g/mol. The van der Waals surface area contributed by atoms with Crippen molar-refractivity contribution in [2.24, 2.45) is 0 Å². The summed E-state index contributed by atoms with van der Waals surface area (Å²) >= 11 is 0. The van der Waals surface area contributed by atoms with Crippen LogP contribution in [0.25, 0.3) is 0 Å². The number of fused-ring (bicyclic) bond motifs is 1. The number of imide groups is 1. The van der Waals surface area contributed by atoms with Crippen molar-refractivity contribution in [3.05, 3.63) is 88.7 Å². The molecule has 40 heavy (non-hydrogen) atoms. The quantitative estimate of drug-likeness (QED) is 0.162. The number of benzene rings is 1. The Hall–Kier alpha value is -3.51. The van der Waals surface area contributed by atoms with Gasteiger partial charge in [0.25, 0.3) is 11.8 Å². The zero-order valence-electron chi connectivity index (χ0n) is 24.5. The van der Waals surface area contributed by atoms with Crippen molar-refractivity contribution in [2.75, 3.05) is 13.2 Å². The van der Waals surface area contributed by atoms with Gasteiger partial charge < -0.3 is 15.0 Å². The average Bonchev–Trinajstić information content (AvgIpc) is 3.41. The molecule has 4 amide bonds. The van der Waals surface area contributed by atoms with Gasteiger partial charge in [-0.25, -0.2) is 4.79 Å². The predicted octanol–water partition coefficient (Wildman–Crippen LogP) is 5.90. The van der Waals surface area contributed by atoms with Crippen LogP contribution in [0.4, 0.5) is 4.79 Å². The molecule has 1 aromatic carbocycles. The van der Waals surface area contributed by atoms with E-state index in [1.54, 1.807) is 17.3 Å². The van der Waals surface area contributed by atoms with E-state index in [4.69, 9.17) is 4.74 Å². The highest BCUT2D eigenvalue weighted by Gasteiger charge is 2.54. The molecular weight excluding hydrogens is 523 g/mol. The normalized spacial score (nSPS) is 20.1. The molecule has 2 aliphatic heterocycles. The highest BCUT2D eigenvalue weighted by molar-refractivity contribution is 7.61. The van der Waals surface area contributed by atoms with E-state index in [1.807, 2.05) is 82.7 Å². The largest absolute Gasteiger partial charge is 0.493 e. The van der Waals surface area contributed by atoms with Crippen LogP contribution >= 0.6 is 7.92 Å². The van der Waals surface area contributed by atoms with Gasteiger partial charge in [0.1, 0.15) is 12.1 Å². The van der Waals surface area contributed by atoms with Gasteiger partial charge in [0.05, 0.1) is 12.3 Å². The number of rotatable bonds is 10. The summed E-state index contributed by atoms with van der Waals surface area (Å²) in [5.74, 6) is 2.50. The number of carbonyl (C=O) groups is 3. The molecule has 214 valence electrons. The number of urea groups is 1. The lowest BCUT2D eigenvalue weighted by Crippen LogP contribution is -2.61. The van der Waals surface area contributed by atoms with E-state index < -0.39 is 25.4 Å². The molecule has 9 heteroatoms. The van der Waals surface area contributed by atoms with E-state index in [9.17, 15) is 14.4 Å². The van der Waals surface area contributed by atoms with Crippen LogP contribution in [-0.4, -0.2) is 52.1 Å². The highest BCUT2D eigenvalue weighted by atomic mass is 31.1. The van der Waals surface area contributed by atoms with E-state index in [1.165, 1.54) is 0 Å². The second-order valence-electron chi connectivity index (χ2n) is 10.1. The molecule has 0 saturated carbocycles. The minimum Gasteiger partial charge on any atom is -0.493 e. The molecule has 2 unspecified atom stereocenters. The minimum absolute atomic E-state index is 0.0697. The van der Waals surface area contributed by atoms with Gasteiger partial charge in [0.15, 0.2) is 0 Å². The van der Waals surface area contributed by atoms with Gasteiger partial charge in [-0.05, 0) is 55.5 Å². The number of ether oxygens (including phenoxy) is 1. The Morgan fingerprint density at radius 2 is 1.98 bits per heavy atom. The number of pyridine rings is 1. The number of amides is 4. The number of nitrogens with zero attached hydrogens (tertiary/aromatic N) is 2. The monoisotopic (exact) mass is 564 g/mol. The van der Waals surface area contributed by atoms with Crippen LogP contribution in [0.3, 0.4) is 0 Å². The Bertz CT molecular complexity index is 1280. The van der Waals surface area contributed by atoms with Crippen molar-refractivity contribution in [1.29, 1.82) is 0 Å². The van der Waals surface area contributed by atoms with Gasteiger partial charge in [0.2, 0.25) is 0 Å². The second kappa shape index (κ2) is 13.7. The van der Waals surface area contributed by atoms with Gasteiger partial charge in [-0.15, -0.1) is 0 Å². The summed E-state index contributed by atoms with van der Waals surface area (Å²) in [5, 5.41) is 5.34. The summed E-state index contributed by atoms with van der Waals surface area (Å²) in [4.78, 5) is 45.1. The maximum atomic E-state index is 13.5. The molecule has 0 bridgehead atoms. The first-order valence-corrected chi connectivity index (χ1v) is 15.7. The molecule has 0 spiro atoms. The van der Waals surface area contributed by atoms with Gasteiger partial charge in [-0.1, -0.05) is 66.0 Å². The molecule has 2 aromatic rings. The first-order chi connectivity index (χ1) is 19.1. The SMILES string of the molecule is C/C=C\C(P(C)/C=C(\C)OCc1cccnc1)[C@]1(CN2Cc3ccc(C(C)C)cc3C2=O)NC(=O)NC1=O.CC. The molecule has 1 fully saturated rings. The summed E-state index contributed by atoms with van der Waals surface area (Å²) in [5.41, 5.74) is 1.97. The number of nitrogens with one attached hydrogen (secondary N) is 2. The molecule has 3 heterocycles. The summed E-state index contributed by atoms with van der Waals surface area (Å²) in [6.45, 7) is 14.8. The third-order valence-electron chi connectivity index (χ3n) is 6.98. The summed E-state index contributed by atoms with van der Waals surface area (Å²) in [6, 6.07) is 9.24. The molecule has 4 rings (SSSR count). The van der Waals surface area contributed by atoms with E-state index in [-0.39, 0.29) is 18.1 Å². The predicted molar refractivity (Wildman–Crippen MR) is 160 cm³/mol. The zero-order chi connectivity index (χ0) is 29.4. The Balaban J connectivity index is 0.00000216. The van der Waals surface area contributed by atoms with Gasteiger partial charge >= 0.3 is 6.03 Å². The van der Waals surface area contributed by atoms with Gasteiger partial charge in [-0.3, -0.25) is 19.9 Å². The summed E-state index contributed by atoms with van der Waals surface area (Å²) in [7, 11) is -0.985. The highest BCUT2D eigenvalue weighted by Crippen LogP contribution is 2.47. The molecule has 1 aromatic heterocycles. The zero-order valence-corrected chi connectivity index (χ0v) is 25.4. The second-order valence-corrected chi connectivity index (χ2v) is 12.3. The third kappa shape index (κ3) is 6.79. The fourth-order valence-electron chi connectivity index (χ4n) is 5.00. The molecule has 8 nitrogen and oxygen atoms in total. The molecule has 2 aliphatic rings. The summed E-state index contributed by atoms with van der Waals surface area (Å²) in [6.07, 6.45) is 7.31. The first kappa shape index (κ1) is 31.0. The van der Waals surface area contributed by atoms with Gasteiger partial charge in [0, 0.05) is 35.7 Å². The number of hydrogen-bond donors (Lipinski definition) is 2. The van der Waals surface area contributed by atoms with Crippen LogP contribution in [0, 0.1) is 0 Å². The minimum atomic E-state index is -1.30. The van der Waals surface area contributed by atoms with E-state index >= 15 is 0 Å². The van der Waals surface area contributed by atoms with Crippen molar-refractivity contribution in [1.82, 2.24) is 20.5 Å². The van der Waals surface area contributed by atoms with Crippen molar-refractivity contribution in [3.63, 3.8) is 0 Å². The third-order valence-corrected chi connectivity index (χ3v) is 9.24. The van der Waals surface area contributed by atoms with E-state index in [0.29, 0.717) is 24.6 Å². The topological polar surface area (TPSA) is 101 Å². The van der Waals surface area contributed by atoms with Crippen LogP contribution in [0.15, 0.2) is 66.5 Å². The number of aromatic nitrogens is 1. The molecule has 2 N–H and O–H groups in total. The number of hydrogen-bond acceptors (Lipinski definition) is 5. The molecule has 0 aliphatic carbocycles. The molecular formula is C31H41N4O4P. The Morgan fingerprint density at radius 3 is 2.58 bits per heavy atom. The fourth-order valence-corrected chi connectivity index (χ4v) is 7.21.